The summed E-state index contributed by atoms with van der Waals surface area (Å²) in [7, 11) is 0. The number of amides is 2. The molecule has 2 fully saturated rings. The van der Waals surface area contributed by atoms with Crippen LogP contribution in [0.1, 0.15) is 52.0 Å². The van der Waals surface area contributed by atoms with Crippen LogP contribution in [0.4, 0.5) is 5.69 Å². The average molecular weight is 541 g/mol. The second kappa shape index (κ2) is 12.3. The van der Waals surface area contributed by atoms with Gasteiger partial charge in [0.15, 0.2) is 5.96 Å². The van der Waals surface area contributed by atoms with Crippen LogP contribution in [0.25, 0.3) is 0 Å². The van der Waals surface area contributed by atoms with Crippen molar-refractivity contribution >= 4 is 47.4 Å². The molecule has 8 heteroatoms. The van der Waals surface area contributed by atoms with E-state index in [0.29, 0.717) is 13.1 Å². The summed E-state index contributed by atoms with van der Waals surface area (Å²) in [5, 5.41) is 9.78. The van der Waals surface area contributed by atoms with Crippen LogP contribution in [0.5, 0.6) is 0 Å². The molecule has 0 bridgehead atoms. The van der Waals surface area contributed by atoms with Crippen LogP contribution in [-0.2, 0) is 16.1 Å². The summed E-state index contributed by atoms with van der Waals surface area (Å²) in [4.78, 5) is 31.0. The Morgan fingerprint density at radius 1 is 1.23 bits per heavy atom. The molecule has 1 saturated carbocycles. The van der Waals surface area contributed by atoms with Crippen LogP contribution in [0.3, 0.4) is 0 Å². The number of nitrogens with one attached hydrogen (secondary N) is 3. The van der Waals surface area contributed by atoms with Gasteiger partial charge in [-0.2, -0.15) is 0 Å². The van der Waals surface area contributed by atoms with Gasteiger partial charge in [-0.1, -0.05) is 32.4 Å². The zero-order valence-electron chi connectivity index (χ0n) is 18.8. The molecule has 7 nitrogen and oxygen atoms in total. The van der Waals surface area contributed by atoms with Crippen LogP contribution >= 0.6 is 24.0 Å². The van der Waals surface area contributed by atoms with E-state index < -0.39 is 0 Å². The molecule has 0 spiro atoms. The van der Waals surface area contributed by atoms with Gasteiger partial charge in [0.05, 0.1) is 6.54 Å². The molecule has 3 N–H and O–H groups in total. The first kappa shape index (κ1) is 25.4. The van der Waals surface area contributed by atoms with Gasteiger partial charge in [0.25, 0.3) is 0 Å². The normalized spacial score (nSPS) is 18.9. The SMILES string of the molecule is CCNC(=NCc1cccc(NC(=O)C2CCC2)c1)NC1CCN(C(=O)C(C)C)C1.I. The van der Waals surface area contributed by atoms with Crippen molar-refractivity contribution in [3.8, 4) is 0 Å². The summed E-state index contributed by atoms with van der Waals surface area (Å²) in [5.41, 5.74) is 1.87. The highest BCUT2D eigenvalue weighted by atomic mass is 127. The van der Waals surface area contributed by atoms with Gasteiger partial charge in [-0.3, -0.25) is 9.59 Å². The summed E-state index contributed by atoms with van der Waals surface area (Å²) in [5.74, 6) is 1.29. The zero-order valence-corrected chi connectivity index (χ0v) is 21.1. The predicted molar refractivity (Wildman–Crippen MR) is 136 cm³/mol. The van der Waals surface area contributed by atoms with Crippen LogP contribution < -0.4 is 16.0 Å². The second-order valence-electron chi connectivity index (χ2n) is 8.58. The Morgan fingerprint density at radius 2 is 2.00 bits per heavy atom. The van der Waals surface area contributed by atoms with E-state index in [2.05, 4.69) is 16.0 Å². The summed E-state index contributed by atoms with van der Waals surface area (Å²) >= 11 is 0. The Labute approximate surface area is 202 Å². The average Bonchev–Trinajstić information content (AvgIpc) is 3.13. The van der Waals surface area contributed by atoms with E-state index in [1.807, 2.05) is 49.9 Å². The molecule has 1 aromatic rings. The summed E-state index contributed by atoms with van der Waals surface area (Å²) in [6.45, 7) is 8.71. The number of hydrogen-bond donors (Lipinski definition) is 3. The lowest BCUT2D eigenvalue weighted by Gasteiger charge is -2.24. The fourth-order valence-corrected chi connectivity index (χ4v) is 3.79. The lowest BCUT2D eigenvalue weighted by molar-refractivity contribution is -0.133. The highest BCUT2D eigenvalue weighted by molar-refractivity contribution is 14.0. The maximum Gasteiger partial charge on any atom is 0.227 e. The fraction of sp³-hybridized carbons (Fsp3) is 0.609. The van der Waals surface area contributed by atoms with Crippen LogP contribution in [0.2, 0.25) is 0 Å². The molecule has 1 saturated heterocycles. The smallest absolute Gasteiger partial charge is 0.227 e. The summed E-state index contributed by atoms with van der Waals surface area (Å²) in [6.07, 6.45) is 4.06. The third-order valence-corrected chi connectivity index (χ3v) is 5.77. The lowest BCUT2D eigenvalue weighted by atomic mass is 9.85. The first-order valence-electron chi connectivity index (χ1n) is 11.2. The number of hydrogen-bond acceptors (Lipinski definition) is 3. The number of carbonyl (C=O) groups is 2. The van der Waals surface area contributed by atoms with Crippen molar-refractivity contribution in [2.45, 2.75) is 59.0 Å². The number of nitrogens with zero attached hydrogens (tertiary/aromatic N) is 2. The minimum Gasteiger partial charge on any atom is -0.357 e. The molecule has 3 rings (SSSR count). The van der Waals surface area contributed by atoms with E-state index in [1.165, 1.54) is 0 Å². The molecule has 0 radical (unpaired) electrons. The molecular weight excluding hydrogens is 505 g/mol. The minimum absolute atomic E-state index is 0. The lowest BCUT2D eigenvalue weighted by Crippen LogP contribution is -2.45. The standard InChI is InChI=1S/C23H35N5O2.HI/c1-4-24-23(27-20-11-12-28(15-20)22(30)16(2)3)25-14-17-7-5-10-19(13-17)26-21(29)18-8-6-9-18;/h5,7,10,13,16,18,20H,4,6,8-9,11-12,14-15H2,1-3H3,(H,26,29)(H2,24,25,27);1H. The molecule has 0 aromatic heterocycles. The number of rotatable bonds is 7. The Morgan fingerprint density at radius 3 is 2.65 bits per heavy atom. The number of aliphatic imine (C=N–C) groups is 1. The maximum atomic E-state index is 12.2. The third-order valence-electron chi connectivity index (χ3n) is 5.77. The van der Waals surface area contributed by atoms with Crippen LogP contribution in [0.15, 0.2) is 29.3 Å². The Bertz CT molecular complexity index is 779. The van der Waals surface area contributed by atoms with Crippen molar-refractivity contribution in [1.29, 1.82) is 0 Å². The second-order valence-corrected chi connectivity index (χ2v) is 8.58. The van der Waals surface area contributed by atoms with Crippen molar-refractivity contribution in [3.05, 3.63) is 29.8 Å². The summed E-state index contributed by atoms with van der Waals surface area (Å²) < 4.78 is 0. The van der Waals surface area contributed by atoms with Crippen molar-refractivity contribution < 1.29 is 9.59 Å². The third kappa shape index (κ3) is 7.36. The molecule has 1 heterocycles. The van der Waals surface area contributed by atoms with Gasteiger partial charge in [0, 0.05) is 43.2 Å². The quantitative estimate of drug-likeness (QED) is 0.281. The molecule has 1 aliphatic heterocycles. The predicted octanol–water partition coefficient (Wildman–Crippen LogP) is 3.36. The van der Waals surface area contributed by atoms with Gasteiger partial charge < -0.3 is 20.9 Å². The van der Waals surface area contributed by atoms with Crippen LogP contribution in [-0.4, -0.2) is 48.3 Å². The van der Waals surface area contributed by atoms with Gasteiger partial charge in [0.2, 0.25) is 11.8 Å². The topological polar surface area (TPSA) is 85.8 Å². The van der Waals surface area contributed by atoms with Crippen molar-refractivity contribution in [3.63, 3.8) is 0 Å². The van der Waals surface area contributed by atoms with E-state index in [-0.39, 0.29) is 53.7 Å². The van der Waals surface area contributed by atoms with E-state index in [0.717, 1.165) is 56.0 Å². The van der Waals surface area contributed by atoms with Crippen molar-refractivity contribution in [1.82, 2.24) is 15.5 Å². The van der Waals surface area contributed by atoms with Gasteiger partial charge >= 0.3 is 0 Å². The largest absolute Gasteiger partial charge is 0.357 e. The van der Waals surface area contributed by atoms with Crippen molar-refractivity contribution in [2.24, 2.45) is 16.8 Å². The van der Waals surface area contributed by atoms with Gasteiger partial charge in [-0.25, -0.2) is 4.99 Å². The highest BCUT2D eigenvalue weighted by Crippen LogP contribution is 2.27. The molecular formula is C23H36IN5O2. The fourth-order valence-electron chi connectivity index (χ4n) is 3.79. The Balaban J connectivity index is 0.00000341. The van der Waals surface area contributed by atoms with E-state index in [9.17, 15) is 9.59 Å². The van der Waals surface area contributed by atoms with Crippen LogP contribution in [0, 0.1) is 11.8 Å². The molecule has 31 heavy (non-hydrogen) atoms. The Hall–Kier alpha value is -1.84. The molecule has 2 amide bonds. The van der Waals surface area contributed by atoms with E-state index >= 15 is 0 Å². The molecule has 1 atom stereocenters. The number of benzene rings is 1. The van der Waals surface area contributed by atoms with Gasteiger partial charge in [-0.05, 0) is 43.9 Å². The van der Waals surface area contributed by atoms with E-state index in [1.54, 1.807) is 0 Å². The molecule has 2 aliphatic rings. The van der Waals surface area contributed by atoms with Gasteiger partial charge in [0.1, 0.15) is 0 Å². The number of likely N-dealkylation sites (tertiary alicyclic amines) is 1. The maximum absolute atomic E-state index is 12.2. The van der Waals surface area contributed by atoms with E-state index in [4.69, 9.17) is 4.99 Å². The number of guanidine groups is 1. The molecule has 1 aromatic carbocycles. The first-order chi connectivity index (χ1) is 14.5. The summed E-state index contributed by atoms with van der Waals surface area (Å²) in [6, 6.07) is 8.09. The number of carbonyl (C=O) groups excluding carboxylic acids is 2. The monoisotopic (exact) mass is 541 g/mol. The number of anilines is 1. The highest BCUT2D eigenvalue weighted by Gasteiger charge is 2.28. The van der Waals surface area contributed by atoms with Crippen molar-refractivity contribution in [2.75, 3.05) is 25.0 Å². The van der Waals surface area contributed by atoms with Gasteiger partial charge in [-0.15, -0.1) is 24.0 Å². The zero-order chi connectivity index (χ0) is 21.5. The number of halogens is 1. The molecule has 1 unspecified atom stereocenters. The molecule has 1 aliphatic carbocycles. The Kier molecular flexibility index (Phi) is 10.1. The minimum atomic E-state index is 0. The molecule has 172 valence electrons. The first-order valence-corrected chi connectivity index (χ1v) is 11.2.